The Morgan fingerprint density at radius 3 is 2.56 bits per heavy atom. The molecule has 0 unspecified atom stereocenters. The van der Waals surface area contributed by atoms with Gasteiger partial charge >= 0.3 is 0 Å². The molecule has 1 aromatic heterocycles. The van der Waals surface area contributed by atoms with Gasteiger partial charge in [-0.15, -0.1) is 0 Å². The van der Waals surface area contributed by atoms with Gasteiger partial charge < -0.3 is 4.52 Å². The molecule has 96 valence electrons. The van der Waals surface area contributed by atoms with Gasteiger partial charge in [0.25, 0.3) is 16.0 Å². The second-order valence-corrected chi connectivity index (χ2v) is 5.11. The van der Waals surface area contributed by atoms with Crippen molar-refractivity contribution in [1.82, 2.24) is 10.1 Å². The topological polar surface area (TPSA) is 85.1 Å². The molecule has 0 bridgehead atoms. The third-order valence-electron chi connectivity index (χ3n) is 2.12. The Bertz CT molecular complexity index is 637. The largest absolute Gasteiger partial charge is 0.337 e. The van der Waals surface area contributed by atoms with Crippen molar-refractivity contribution in [1.29, 1.82) is 0 Å². The molecule has 2 rings (SSSR count). The molecule has 0 atom stereocenters. The SMILES string of the molecule is CCc1nc(NS(=O)(=O)c2ccc(F)cc2)no1. The van der Waals surface area contributed by atoms with Crippen LogP contribution in [-0.2, 0) is 16.4 Å². The molecule has 2 aromatic rings. The van der Waals surface area contributed by atoms with E-state index in [1.54, 1.807) is 6.92 Å². The van der Waals surface area contributed by atoms with Crippen LogP contribution in [0.15, 0.2) is 33.7 Å². The van der Waals surface area contributed by atoms with E-state index in [1.165, 1.54) is 0 Å². The van der Waals surface area contributed by atoms with E-state index < -0.39 is 15.8 Å². The summed E-state index contributed by atoms with van der Waals surface area (Å²) in [6.07, 6.45) is 0.505. The summed E-state index contributed by atoms with van der Waals surface area (Å²) >= 11 is 0. The summed E-state index contributed by atoms with van der Waals surface area (Å²) < 4.78 is 43.3. The number of rotatable bonds is 4. The molecule has 0 fully saturated rings. The van der Waals surface area contributed by atoms with Gasteiger partial charge in [-0.3, -0.25) is 0 Å². The van der Waals surface area contributed by atoms with E-state index in [4.69, 9.17) is 4.52 Å². The molecule has 8 heteroatoms. The van der Waals surface area contributed by atoms with Crippen molar-refractivity contribution in [2.75, 3.05) is 4.72 Å². The predicted octanol–water partition coefficient (Wildman–Crippen LogP) is 1.57. The zero-order valence-corrected chi connectivity index (χ0v) is 10.2. The molecule has 1 heterocycles. The van der Waals surface area contributed by atoms with Crippen molar-refractivity contribution < 1.29 is 17.3 Å². The highest BCUT2D eigenvalue weighted by Crippen LogP contribution is 2.14. The monoisotopic (exact) mass is 271 g/mol. The highest BCUT2D eigenvalue weighted by Gasteiger charge is 2.17. The van der Waals surface area contributed by atoms with Crippen molar-refractivity contribution >= 4 is 16.0 Å². The lowest BCUT2D eigenvalue weighted by molar-refractivity contribution is 0.383. The second kappa shape index (κ2) is 4.73. The van der Waals surface area contributed by atoms with Crippen LogP contribution in [0.2, 0.25) is 0 Å². The Balaban J connectivity index is 2.24. The first kappa shape index (κ1) is 12.5. The second-order valence-electron chi connectivity index (χ2n) is 3.42. The molecule has 6 nitrogen and oxygen atoms in total. The molecule has 18 heavy (non-hydrogen) atoms. The number of benzene rings is 1. The standard InChI is InChI=1S/C10H10FN3O3S/c1-2-9-12-10(13-17-9)14-18(15,16)8-5-3-7(11)4-6-8/h3-6H,2H2,1H3,(H,13,14). The summed E-state index contributed by atoms with van der Waals surface area (Å²) in [7, 11) is -3.83. The molecular formula is C10H10FN3O3S. The molecule has 1 N–H and O–H groups in total. The van der Waals surface area contributed by atoms with Crippen LogP contribution >= 0.6 is 0 Å². The Kier molecular flexibility index (Phi) is 3.28. The maximum absolute atomic E-state index is 12.7. The number of hydrogen-bond donors (Lipinski definition) is 1. The summed E-state index contributed by atoms with van der Waals surface area (Å²) in [4.78, 5) is 3.74. The molecule has 0 spiro atoms. The maximum atomic E-state index is 12.7. The quantitative estimate of drug-likeness (QED) is 0.912. The lowest BCUT2D eigenvalue weighted by atomic mass is 10.4. The number of nitrogens with zero attached hydrogens (tertiary/aromatic N) is 2. The summed E-state index contributed by atoms with van der Waals surface area (Å²) in [6, 6.07) is 4.42. The first-order valence-electron chi connectivity index (χ1n) is 5.12. The third kappa shape index (κ3) is 2.65. The van der Waals surface area contributed by atoms with Crippen LogP contribution in [0.3, 0.4) is 0 Å². The van der Waals surface area contributed by atoms with E-state index in [0.29, 0.717) is 12.3 Å². The number of sulfonamides is 1. The number of hydrogen-bond acceptors (Lipinski definition) is 5. The van der Waals surface area contributed by atoms with Crippen molar-refractivity contribution in [3.05, 3.63) is 36.0 Å². The van der Waals surface area contributed by atoms with Crippen molar-refractivity contribution in [3.8, 4) is 0 Å². The number of nitrogens with one attached hydrogen (secondary N) is 1. The van der Waals surface area contributed by atoms with Gasteiger partial charge in [0.05, 0.1) is 4.90 Å². The summed E-state index contributed by atoms with van der Waals surface area (Å²) in [6.45, 7) is 1.80. The van der Waals surface area contributed by atoms with Crippen LogP contribution in [0.4, 0.5) is 10.3 Å². The smallest absolute Gasteiger partial charge is 0.277 e. The lowest BCUT2D eigenvalue weighted by Gasteiger charge is -2.03. The first-order chi connectivity index (χ1) is 8.51. The lowest BCUT2D eigenvalue weighted by Crippen LogP contribution is -2.13. The zero-order chi connectivity index (χ0) is 13.2. The number of aromatic nitrogens is 2. The van der Waals surface area contributed by atoms with Crippen LogP contribution in [-0.4, -0.2) is 18.6 Å². The Morgan fingerprint density at radius 2 is 2.00 bits per heavy atom. The van der Waals surface area contributed by atoms with E-state index in [1.807, 2.05) is 0 Å². The molecule has 0 aliphatic carbocycles. The van der Waals surface area contributed by atoms with Gasteiger partial charge in [-0.25, -0.2) is 17.5 Å². The fourth-order valence-electron chi connectivity index (χ4n) is 1.23. The minimum absolute atomic E-state index is 0.0771. The molecule has 0 aliphatic rings. The molecule has 0 radical (unpaired) electrons. The van der Waals surface area contributed by atoms with E-state index >= 15 is 0 Å². The van der Waals surface area contributed by atoms with Gasteiger partial charge in [-0.05, 0) is 29.4 Å². The molecular weight excluding hydrogens is 261 g/mol. The molecule has 0 saturated heterocycles. The van der Waals surface area contributed by atoms with Gasteiger partial charge in [-0.1, -0.05) is 6.92 Å². The van der Waals surface area contributed by atoms with E-state index in [0.717, 1.165) is 24.3 Å². The van der Waals surface area contributed by atoms with Crippen LogP contribution in [0.5, 0.6) is 0 Å². The number of halogens is 1. The van der Waals surface area contributed by atoms with Crippen LogP contribution in [0.25, 0.3) is 0 Å². The van der Waals surface area contributed by atoms with Gasteiger partial charge in [-0.2, -0.15) is 4.98 Å². The summed E-state index contributed by atoms with van der Waals surface area (Å²) in [5.41, 5.74) is 0. The van der Waals surface area contributed by atoms with Crippen LogP contribution in [0.1, 0.15) is 12.8 Å². The fourth-order valence-corrected chi connectivity index (χ4v) is 2.17. The van der Waals surface area contributed by atoms with Crippen molar-refractivity contribution in [2.45, 2.75) is 18.2 Å². The molecule has 0 saturated carbocycles. The van der Waals surface area contributed by atoms with Crippen molar-refractivity contribution in [2.24, 2.45) is 0 Å². The summed E-state index contributed by atoms with van der Waals surface area (Å²) in [5, 5.41) is 3.46. The molecule has 1 aromatic carbocycles. The third-order valence-corrected chi connectivity index (χ3v) is 3.46. The molecule has 0 amide bonds. The Morgan fingerprint density at radius 1 is 1.33 bits per heavy atom. The van der Waals surface area contributed by atoms with E-state index in [-0.39, 0.29) is 10.8 Å². The zero-order valence-electron chi connectivity index (χ0n) is 9.42. The maximum Gasteiger partial charge on any atom is 0.277 e. The van der Waals surface area contributed by atoms with Gasteiger partial charge in [0.2, 0.25) is 5.89 Å². The Hall–Kier alpha value is -1.96. The number of anilines is 1. The number of aryl methyl sites for hydroxylation is 1. The fraction of sp³-hybridized carbons (Fsp3) is 0.200. The van der Waals surface area contributed by atoms with Gasteiger partial charge in [0, 0.05) is 6.42 Å². The van der Waals surface area contributed by atoms with Crippen molar-refractivity contribution in [3.63, 3.8) is 0 Å². The normalized spacial score (nSPS) is 11.4. The first-order valence-corrected chi connectivity index (χ1v) is 6.60. The average molecular weight is 271 g/mol. The van der Waals surface area contributed by atoms with Crippen LogP contribution < -0.4 is 4.72 Å². The molecule has 0 aliphatic heterocycles. The minimum Gasteiger partial charge on any atom is -0.337 e. The Labute approximate surface area is 103 Å². The average Bonchev–Trinajstić information content (AvgIpc) is 2.76. The van der Waals surface area contributed by atoms with Gasteiger partial charge in [0.15, 0.2) is 0 Å². The van der Waals surface area contributed by atoms with Crippen LogP contribution in [0, 0.1) is 5.82 Å². The predicted molar refractivity (Wildman–Crippen MR) is 60.9 cm³/mol. The van der Waals surface area contributed by atoms with E-state index in [9.17, 15) is 12.8 Å². The summed E-state index contributed by atoms with van der Waals surface area (Å²) in [5.74, 6) is -0.329. The highest BCUT2D eigenvalue weighted by atomic mass is 32.2. The minimum atomic E-state index is -3.83. The van der Waals surface area contributed by atoms with Gasteiger partial charge in [0.1, 0.15) is 5.82 Å². The highest BCUT2D eigenvalue weighted by molar-refractivity contribution is 7.92. The van der Waals surface area contributed by atoms with E-state index in [2.05, 4.69) is 14.9 Å².